The number of hydrogen-bond donors (Lipinski definition) is 1. The first-order chi connectivity index (χ1) is 14.4. The molecule has 0 saturated carbocycles. The summed E-state index contributed by atoms with van der Waals surface area (Å²) < 4.78 is 12.2. The number of nitrogens with one attached hydrogen (secondary N) is 1. The first-order valence-corrected chi connectivity index (χ1v) is 9.27. The second kappa shape index (κ2) is 9.09. The molecule has 0 radical (unpaired) electrons. The molecule has 1 atom stereocenters. The largest absolute Gasteiger partial charge is 0.497 e. The van der Waals surface area contributed by atoms with E-state index in [0.717, 1.165) is 0 Å². The fourth-order valence-corrected chi connectivity index (χ4v) is 2.94. The highest BCUT2D eigenvalue weighted by Crippen LogP contribution is 2.24. The summed E-state index contributed by atoms with van der Waals surface area (Å²) in [7, 11) is 3.17. The Morgan fingerprint density at radius 1 is 1.00 bits per heavy atom. The van der Waals surface area contributed by atoms with Crippen LogP contribution in [0.1, 0.15) is 39.4 Å². The van der Waals surface area contributed by atoms with Gasteiger partial charge in [-0.25, -0.2) is 4.79 Å². The van der Waals surface area contributed by atoms with E-state index < -0.39 is 18.0 Å². The summed E-state index contributed by atoms with van der Waals surface area (Å²) in [5.74, 6) is -0.801. The van der Waals surface area contributed by atoms with Crippen molar-refractivity contribution in [3.05, 3.63) is 83.7 Å². The summed E-state index contributed by atoms with van der Waals surface area (Å²) >= 11 is 0. The Labute approximate surface area is 174 Å². The quantitative estimate of drug-likeness (QED) is 0.477. The van der Waals surface area contributed by atoms with Gasteiger partial charge in [-0.15, -0.1) is 0 Å². The summed E-state index contributed by atoms with van der Waals surface area (Å²) in [5.41, 5.74) is 1.60. The van der Waals surface area contributed by atoms with Crippen molar-refractivity contribution in [1.82, 2.24) is 4.57 Å². The highest BCUT2D eigenvalue weighted by Gasteiger charge is 2.27. The highest BCUT2D eigenvalue weighted by molar-refractivity contribution is 6.00. The van der Waals surface area contributed by atoms with E-state index in [0.29, 0.717) is 22.6 Å². The molecule has 0 bridgehead atoms. The minimum Gasteiger partial charge on any atom is -0.497 e. The van der Waals surface area contributed by atoms with Crippen LogP contribution in [-0.4, -0.2) is 29.3 Å². The van der Waals surface area contributed by atoms with E-state index in [1.807, 2.05) is 0 Å². The number of rotatable bonds is 7. The number of anilines is 1. The lowest BCUT2D eigenvalue weighted by molar-refractivity contribution is -0.125. The Morgan fingerprint density at radius 3 is 2.37 bits per heavy atom. The number of aryl methyl sites for hydroxylation is 1. The number of methoxy groups -OCH3 is 1. The number of ketones is 1. The molecule has 0 unspecified atom stereocenters. The third kappa shape index (κ3) is 4.75. The molecule has 2 aromatic carbocycles. The lowest BCUT2D eigenvalue weighted by atomic mass is 10.1. The van der Waals surface area contributed by atoms with Gasteiger partial charge >= 0.3 is 5.97 Å². The Hall–Kier alpha value is -3.87. The van der Waals surface area contributed by atoms with Crippen LogP contribution in [0.4, 0.5) is 5.69 Å². The fraction of sp³-hybridized carbons (Fsp3) is 0.174. The summed E-state index contributed by atoms with van der Waals surface area (Å²) in [6.45, 7) is 1.42. The zero-order chi connectivity index (χ0) is 21.7. The van der Waals surface area contributed by atoms with E-state index in [9.17, 15) is 14.4 Å². The van der Waals surface area contributed by atoms with E-state index in [1.54, 1.807) is 67.8 Å². The molecule has 3 rings (SSSR count). The average molecular weight is 406 g/mol. The fourth-order valence-electron chi connectivity index (χ4n) is 2.94. The number of carbonyl (C=O) groups excluding carboxylic acids is 3. The van der Waals surface area contributed by atoms with Crippen molar-refractivity contribution in [2.45, 2.75) is 13.0 Å². The number of Topliss-reactive ketones (excluding diaryl/α,β-unsaturated/α-hetero) is 1. The molecule has 1 aromatic heterocycles. The van der Waals surface area contributed by atoms with Crippen molar-refractivity contribution in [3.8, 4) is 5.75 Å². The maximum atomic E-state index is 13.0. The monoisotopic (exact) mass is 406 g/mol. The topological polar surface area (TPSA) is 86.6 Å². The molecule has 1 N–H and O–H groups in total. The van der Waals surface area contributed by atoms with Gasteiger partial charge in [0.15, 0.2) is 5.78 Å². The molecule has 154 valence electrons. The molecule has 1 heterocycles. The van der Waals surface area contributed by atoms with Crippen LogP contribution in [-0.2, 0) is 16.6 Å². The number of hydrogen-bond acceptors (Lipinski definition) is 5. The number of nitrogens with zero attached hydrogens (tertiary/aromatic N) is 1. The molecular weight excluding hydrogens is 384 g/mol. The van der Waals surface area contributed by atoms with E-state index >= 15 is 0 Å². The predicted molar refractivity (Wildman–Crippen MR) is 112 cm³/mol. The van der Waals surface area contributed by atoms with Crippen LogP contribution < -0.4 is 10.1 Å². The zero-order valence-corrected chi connectivity index (χ0v) is 16.9. The standard InChI is InChI=1S/C23H22N2O5/c1-15(26)17-12-20(25(2)14-17)23(28)30-21(16-8-5-4-6-9-16)22(27)24-18-10-7-11-19(13-18)29-3/h4-14,21H,1-3H3,(H,24,27)/t21-/m0/s1. The summed E-state index contributed by atoms with van der Waals surface area (Å²) in [6.07, 6.45) is 0.368. The summed E-state index contributed by atoms with van der Waals surface area (Å²) in [6, 6.07) is 17.0. The molecule has 3 aromatic rings. The van der Waals surface area contributed by atoms with Gasteiger partial charge in [0.05, 0.1) is 7.11 Å². The minimum atomic E-state index is -1.18. The maximum absolute atomic E-state index is 13.0. The van der Waals surface area contributed by atoms with Crippen LogP contribution in [0.2, 0.25) is 0 Å². The predicted octanol–water partition coefficient (Wildman–Crippen LogP) is 3.77. The molecular formula is C23H22N2O5. The minimum absolute atomic E-state index is 0.167. The van der Waals surface area contributed by atoms with Gasteiger partial charge in [-0.05, 0) is 25.1 Å². The first kappa shape index (κ1) is 20.9. The number of esters is 1. The third-order valence-corrected chi connectivity index (χ3v) is 4.52. The van der Waals surface area contributed by atoms with Gasteiger partial charge in [-0.2, -0.15) is 0 Å². The van der Waals surface area contributed by atoms with Gasteiger partial charge in [0.25, 0.3) is 5.91 Å². The smallest absolute Gasteiger partial charge is 0.356 e. The normalized spacial score (nSPS) is 11.4. The van der Waals surface area contributed by atoms with Gasteiger partial charge < -0.3 is 19.4 Å². The molecule has 0 spiro atoms. The molecule has 0 fully saturated rings. The SMILES string of the molecule is COc1cccc(NC(=O)[C@@H](OC(=O)c2cc(C(C)=O)cn2C)c2ccccc2)c1. The molecule has 30 heavy (non-hydrogen) atoms. The Balaban J connectivity index is 1.86. The lowest BCUT2D eigenvalue weighted by Gasteiger charge is -2.18. The van der Waals surface area contributed by atoms with Gasteiger partial charge in [0.1, 0.15) is 11.4 Å². The van der Waals surface area contributed by atoms with E-state index in [4.69, 9.17) is 9.47 Å². The zero-order valence-electron chi connectivity index (χ0n) is 16.9. The van der Waals surface area contributed by atoms with Crippen molar-refractivity contribution in [3.63, 3.8) is 0 Å². The van der Waals surface area contributed by atoms with E-state index in [1.165, 1.54) is 24.7 Å². The number of carbonyl (C=O) groups is 3. The Bertz CT molecular complexity index is 1070. The lowest BCUT2D eigenvalue weighted by Crippen LogP contribution is -2.26. The van der Waals surface area contributed by atoms with Crippen LogP contribution >= 0.6 is 0 Å². The van der Waals surface area contributed by atoms with Crippen molar-refractivity contribution >= 4 is 23.3 Å². The number of benzene rings is 2. The van der Waals surface area contributed by atoms with Crippen LogP contribution in [0.25, 0.3) is 0 Å². The van der Waals surface area contributed by atoms with Crippen molar-refractivity contribution in [1.29, 1.82) is 0 Å². The van der Waals surface area contributed by atoms with Crippen molar-refractivity contribution in [2.24, 2.45) is 7.05 Å². The van der Waals surface area contributed by atoms with Gasteiger partial charge in [-0.3, -0.25) is 9.59 Å². The van der Waals surface area contributed by atoms with E-state index in [-0.39, 0.29) is 11.5 Å². The molecule has 7 nitrogen and oxygen atoms in total. The molecule has 1 amide bonds. The number of aromatic nitrogens is 1. The maximum Gasteiger partial charge on any atom is 0.356 e. The van der Waals surface area contributed by atoms with Crippen LogP contribution in [0, 0.1) is 0 Å². The van der Waals surface area contributed by atoms with Gasteiger partial charge in [-0.1, -0.05) is 36.4 Å². The Morgan fingerprint density at radius 2 is 1.73 bits per heavy atom. The Kier molecular flexibility index (Phi) is 6.32. The van der Waals surface area contributed by atoms with Gasteiger partial charge in [0.2, 0.25) is 6.10 Å². The first-order valence-electron chi connectivity index (χ1n) is 9.27. The highest BCUT2D eigenvalue weighted by atomic mass is 16.5. The van der Waals surface area contributed by atoms with Gasteiger partial charge in [0, 0.05) is 36.1 Å². The summed E-state index contributed by atoms with van der Waals surface area (Å²) in [4.78, 5) is 37.4. The van der Waals surface area contributed by atoms with Crippen LogP contribution in [0.15, 0.2) is 66.9 Å². The van der Waals surface area contributed by atoms with Crippen LogP contribution in [0.5, 0.6) is 5.75 Å². The third-order valence-electron chi connectivity index (χ3n) is 4.52. The second-order valence-corrected chi connectivity index (χ2v) is 6.70. The average Bonchev–Trinajstić information content (AvgIpc) is 3.14. The molecule has 0 saturated heterocycles. The molecule has 0 aliphatic rings. The van der Waals surface area contributed by atoms with Crippen LogP contribution in [0.3, 0.4) is 0 Å². The number of amides is 1. The van der Waals surface area contributed by atoms with E-state index in [2.05, 4.69) is 5.32 Å². The number of ether oxygens (including phenoxy) is 2. The van der Waals surface area contributed by atoms with Crippen molar-refractivity contribution in [2.75, 3.05) is 12.4 Å². The molecule has 7 heteroatoms. The summed E-state index contributed by atoms with van der Waals surface area (Å²) in [5, 5.41) is 2.75. The molecule has 0 aliphatic heterocycles. The second-order valence-electron chi connectivity index (χ2n) is 6.70. The molecule has 0 aliphatic carbocycles. The van der Waals surface area contributed by atoms with Crippen molar-refractivity contribution < 1.29 is 23.9 Å².